The summed E-state index contributed by atoms with van der Waals surface area (Å²) >= 11 is 0. The van der Waals surface area contributed by atoms with Gasteiger partial charge in [0.25, 0.3) is 0 Å². The van der Waals surface area contributed by atoms with Crippen molar-refractivity contribution in [3.05, 3.63) is 0 Å². The van der Waals surface area contributed by atoms with Crippen molar-refractivity contribution < 1.29 is 9.59 Å². The minimum atomic E-state index is -0.248. The normalized spacial score (nSPS) is 28.2. The van der Waals surface area contributed by atoms with Crippen molar-refractivity contribution in [1.29, 1.82) is 0 Å². The number of hydrogen-bond acceptors (Lipinski definition) is 4. The third-order valence-electron chi connectivity index (χ3n) is 4.02. The number of nitrogens with zero attached hydrogens (tertiary/aromatic N) is 2. The van der Waals surface area contributed by atoms with Gasteiger partial charge in [-0.3, -0.25) is 19.4 Å². The highest BCUT2D eigenvalue weighted by Crippen LogP contribution is 2.20. The summed E-state index contributed by atoms with van der Waals surface area (Å²) in [6.45, 7) is 7.11. The Bertz CT molecular complexity index is 351. The molecule has 2 aliphatic heterocycles. The van der Waals surface area contributed by atoms with Gasteiger partial charge in [-0.2, -0.15) is 0 Å². The van der Waals surface area contributed by atoms with Gasteiger partial charge >= 0.3 is 0 Å². The van der Waals surface area contributed by atoms with E-state index in [2.05, 4.69) is 24.1 Å². The van der Waals surface area contributed by atoms with Gasteiger partial charge in [0.1, 0.15) is 0 Å². The Kier molecular flexibility index (Phi) is 4.58. The number of carbonyl (C=O) groups excluding carboxylic acids is 2. The van der Waals surface area contributed by atoms with Crippen LogP contribution in [-0.2, 0) is 9.59 Å². The van der Waals surface area contributed by atoms with Crippen LogP contribution in [0.3, 0.4) is 0 Å². The van der Waals surface area contributed by atoms with Gasteiger partial charge in [0.05, 0.1) is 12.5 Å². The summed E-state index contributed by atoms with van der Waals surface area (Å²) in [6.07, 6.45) is 2.71. The van der Waals surface area contributed by atoms with Crippen molar-refractivity contribution in [3.8, 4) is 0 Å². The molecule has 2 atom stereocenters. The Morgan fingerprint density at radius 3 is 2.63 bits per heavy atom. The van der Waals surface area contributed by atoms with Crippen molar-refractivity contribution >= 4 is 11.8 Å². The Labute approximate surface area is 115 Å². The number of amides is 2. The molecule has 5 nitrogen and oxygen atoms in total. The molecule has 0 saturated carbocycles. The molecule has 2 unspecified atom stereocenters. The second-order valence-electron chi connectivity index (χ2n) is 6.15. The van der Waals surface area contributed by atoms with Gasteiger partial charge in [-0.15, -0.1) is 0 Å². The molecule has 2 fully saturated rings. The highest BCUT2D eigenvalue weighted by molar-refractivity contribution is 6.05. The van der Waals surface area contributed by atoms with Crippen molar-refractivity contribution in [2.24, 2.45) is 5.92 Å². The lowest BCUT2D eigenvalue weighted by Gasteiger charge is -2.31. The van der Waals surface area contributed by atoms with E-state index in [0.717, 1.165) is 19.6 Å². The molecule has 0 radical (unpaired) electrons. The quantitative estimate of drug-likeness (QED) is 0.735. The van der Waals surface area contributed by atoms with E-state index < -0.39 is 0 Å². The fraction of sp³-hybridized carbons (Fsp3) is 0.857. The van der Waals surface area contributed by atoms with Crippen LogP contribution in [0.25, 0.3) is 0 Å². The molecule has 19 heavy (non-hydrogen) atoms. The summed E-state index contributed by atoms with van der Waals surface area (Å²) in [6, 6.07) is 0.217. The van der Waals surface area contributed by atoms with E-state index in [1.165, 1.54) is 17.7 Å². The predicted octanol–water partition coefficient (Wildman–Crippen LogP) is 0.454. The summed E-state index contributed by atoms with van der Waals surface area (Å²) < 4.78 is 0. The Morgan fingerprint density at radius 2 is 2.16 bits per heavy atom. The van der Waals surface area contributed by atoms with Crippen molar-refractivity contribution in [3.63, 3.8) is 0 Å². The van der Waals surface area contributed by atoms with E-state index >= 15 is 0 Å². The largest absolute Gasteiger partial charge is 0.313 e. The van der Waals surface area contributed by atoms with Crippen LogP contribution < -0.4 is 5.32 Å². The van der Waals surface area contributed by atoms with E-state index in [-0.39, 0.29) is 17.9 Å². The SMILES string of the molecule is CC(C)CN(CC1CCCN1)C1CC(=O)N(C)C1=O. The first kappa shape index (κ1) is 14.5. The lowest BCUT2D eigenvalue weighted by atomic mass is 10.1. The molecule has 2 aliphatic rings. The number of likely N-dealkylation sites (tertiary alicyclic amines) is 1. The van der Waals surface area contributed by atoms with Crippen LogP contribution in [0.4, 0.5) is 0 Å². The fourth-order valence-electron chi connectivity index (χ4n) is 3.02. The number of likely N-dealkylation sites (N-methyl/N-ethyl adjacent to an activating group) is 1. The van der Waals surface area contributed by atoms with Gasteiger partial charge in [0.15, 0.2) is 0 Å². The van der Waals surface area contributed by atoms with Crippen molar-refractivity contribution in [2.45, 2.75) is 45.2 Å². The zero-order chi connectivity index (χ0) is 14.0. The molecule has 0 aromatic rings. The number of carbonyl (C=O) groups is 2. The third-order valence-corrected chi connectivity index (χ3v) is 4.02. The molecule has 5 heteroatoms. The Balaban J connectivity index is 2.04. The van der Waals surface area contributed by atoms with Gasteiger partial charge in [0.2, 0.25) is 11.8 Å². The molecule has 2 heterocycles. The molecule has 0 aliphatic carbocycles. The monoisotopic (exact) mass is 267 g/mol. The van der Waals surface area contributed by atoms with E-state index in [1.54, 1.807) is 7.05 Å². The van der Waals surface area contributed by atoms with Crippen LogP contribution in [0.2, 0.25) is 0 Å². The number of hydrogen-bond donors (Lipinski definition) is 1. The molecule has 2 amide bonds. The molecule has 0 spiro atoms. The van der Waals surface area contributed by atoms with Crippen molar-refractivity contribution in [2.75, 3.05) is 26.7 Å². The van der Waals surface area contributed by atoms with Crippen LogP contribution in [0.5, 0.6) is 0 Å². The van der Waals surface area contributed by atoms with Gasteiger partial charge in [-0.1, -0.05) is 13.8 Å². The molecular formula is C14H25N3O2. The van der Waals surface area contributed by atoms with Crippen LogP contribution in [-0.4, -0.2) is 60.4 Å². The number of imide groups is 1. The second kappa shape index (κ2) is 6.01. The van der Waals surface area contributed by atoms with Gasteiger partial charge in [0, 0.05) is 26.2 Å². The molecule has 2 rings (SSSR count). The molecule has 0 aromatic heterocycles. The molecule has 108 valence electrons. The van der Waals surface area contributed by atoms with Gasteiger partial charge < -0.3 is 5.32 Å². The zero-order valence-electron chi connectivity index (χ0n) is 12.2. The first-order valence-electron chi connectivity index (χ1n) is 7.27. The lowest BCUT2D eigenvalue weighted by molar-refractivity contribution is -0.138. The van der Waals surface area contributed by atoms with E-state index in [4.69, 9.17) is 0 Å². The third kappa shape index (κ3) is 3.34. The first-order valence-corrected chi connectivity index (χ1v) is 7.27. The summed E-state index contributed by atoms with van der Waals surface area (Å²) in [7, 11) is 1.59. The molecular weight excluding hydrogens is 242 g/mol. The molecule has 1 N–H and O–H groups in total. The van der Waals surface area contributed by atoms with Crippen LogP contribution >= 0.6 is 0 Å². The highest BCUT2D eigenvalue weighted by Gasteiger charge is 2.40. The van der Waals surface area contributed by atoms with Gasteiger partial charge in [-0.05, 0) is 25.3 Å². The van der Waals surface area contributed by atoms with Crippen LogP contribution in [0, 0.1) is 5.92 Å². The van der Waals surface area contributed by atoms with E-state index in [0.29, 0.717) is 18.4 Å². The first-order chi connectivity index (χ1) is 8.99. The summed E-state index contributed by atoms with van der Waals surface area (Å²) in [4.78, 5) is 27.3. The smallest absolute Gasteiger partial charge is 0.246 e. The molecule has 0 aromatic carbocycles. The molecule has 2 saturated heterocycles. The fourth-order valence-corrected chi connectivity index (χ4v) is 3.02. The number of nitrogens with one attached hydrogen (secondary N) is 1. The summed E-state index contributed by atoms with van der Waals surface area (Å²) in [5, 5.41) is 3.47. The number of rotatable bonds is 5. The maximum atomic E-state index is 12.2. The van der Waals surface area contributed by atoms with E-state index in [1.807, 2.05) is 0 Å². The standard InChI is InChI=1S/C14H25N3O2/c1-10(2)8-17(9-11-5-4-6-15-11)12-7-13(18)16(3)14(12)19/h10-12,15H,4-9H2,1-3H3. The molecule has 0 bridgehead atoms. The minimum Gasteiger partial charge on any atom is -0.313 e. The maximum Gasteiger partial charge on any atom is 0.246 e. The minimum absolute atomic E-state index is 0.0383. The Morgan fingerprint density at radius 1 is 1.42 bits per heavy atom. The van der Waals surface area contributed by atoms with Gasteiger partial charge in [-0.25, -0.2) is 0 Å². The lowest BCUT2D eigenvalue weighted by Crippen LogP contribution is -2.48. The zero-order valence-corrected chi connectivity index (χ0v) is 12.2. The van der Waals surface area contributed by atoms with E-state index in [9.17, 15) is 9.59 Å². The average molecular weight is 267 g/mol. The Hall–Kier alpha value is -0.940. The second-order valence-corrected chi connectivity index (χ2v) is 6.15. The predicted molar refractivity (Wildman–Crippen MR) is 73.6 cm³/mol. The van der Waals surface area contributed by atoms with Crippen LogP contribution in [0.15, 0.2) is 0 Å². The maximum absolute atomic E-state index is 12.2. The summed E-state index contributed by atoms with van der Waals surface area (Å²) in [5.41, 5.74) is 0. The summed E-state index contributed by atoms with van der Waals surface area (Å²) in [5.74, 6) is 0.405. The average Bonchev–Trinajstić information content (AvgIpc) is 2.92. The highest BCUT2D eigenvalue weighted by atomic mass is 16.2. The topological polar surface area (TPSA) is 52.7 Å². The van der Waals surface area contributed by atoms with Crippen molar-refractivity contribution in [1.82, 2.24) is 15.1 Å². The van der Waals surface area contributed by atoms with Crippen LogP contribution in [0.1, 0.15) is 33.1 Å².